The van der Waals surface area contributed by atoms with Gasteiger partial charge in [-0.15, -0.1) is 0 Å². The molecule has 0 heterocycles. The van der Waals surface area contributed by atoms with E-state index in [1.54, 1.807) is 38.1 Å². The maximum atomic E-state index is 13.8. The summed E-state index contributed by atoms with van der Waals surface area (Å²) in [6, 6.07) is 15.8. The Morgan fingerprint density at radius 2 is 1.63 bits per heavy atom. The Bertz CT molecular complexity index is 1400. The Morgan fingerprint density at radius 1 is 1.00 bits per heavy atom. The summed E-state index contributed by atoms with van der Waals surface area (Å²) in [5.74, 6) is -1.43. The number of nitrogens with one attached hydrogen (secondary N) is 1. The molecule has 0 fully saturated rings. The van der Waals surface area contributed by atoms with E-state index >= 15 is 0 Å². The first-order valence-electron chi connectivity index (χ1n) is 12.1. The van der Waals surface area contributed by atoms with Gasteiger partial charge in [0.05, 0.1) is 10.6 Å². The number of rotatable bonds is 10. The molecule has 0 saturated heterocycles. The maximum Gasteiger partial charge on any atom is 0.264 e. The molecular weight excluding hydrogens is 529 g/mol. The van der Waals surface area contributed by atoms with E-state index < -0.39 is 40.2 Å². The van der Waals surface area contributed by atoms with Gasteiger partial charge in [-0.2, -0.15) is 0 Å². The minimum absolute atomic E-state index is 0.0102. The van der Waals surface area contributed by atoms with E-state index in [0.717, 1.165) is 15.4 Å². The quantitative estimate of drug-likeness (QED) is 0.385. The highest BCUT2D eigenvalue weighted by atomic mass is 35.5. The van der Waals surface area contributed by atoms with Crippen LogP contribution in [0.1, 0.15) is 30.0 Å². The molecule has 38 heavy (non-hydrogen) atoms. The number of anilines is 1. The average Bonchev–Trinajstić information content (AvgIpc) is 2.89. The number of benzene rings is 3. The minimum atomic E-state index is -4.19. The topological polar surface area (TPSA) is 86.8 Å². The van der Waals surface area contributed by atoms with Gasteiger partial charge >= 0.3 is 0 Å². The molecule has 202 valence electrons. The normalized spacial score (nSPS) is 12.1. The van der Waals surface area contributed by atoms with E-state index in [2.05, 4.69) is 5.32 Å². The number of hydrogen-bond donors (Lipinski definition) is 1. The number of carbonyl (C=O) groups is 2. The second-order valence-corrected chi connectivity index (χ2v) is 11.2. The fourth-order valence-electron chi connectivity index (χ4n) is 3.98. The van der Waals surface area contributed by atoms with Gasteiger partial charge in [0.1, 0.15) is 18.4 Å². The number of sulfonamides is 1. The van der Waals surface area contributed by atoms with Crippen LogP contribution in [0.3, 0.4) is 0 Å². The molecule has 0 bridgehead atoms. The summed E-state index contributed by atoms with van der Waals surface area (Å²) >= 11 is 6.33. The van der Waals surface area contributed by atoms with Gasteiger partial charge < -0.3 is 10.2 Å². The van der Waals surface area contributed by atoms with Crippen LogP contribution in [-0.4, -0.2) is 44.8 Å². The third-order valence-corrected chi connectivity index (χ3v) is 8.43. The van der Waals surface area contributed by atoms with Crippen molar-refractivity contribution in [2.45, 2.75) is 44.7 Å². The number of likely N-dealkylation sites (N-methyl/N-ethyl adjacent to an activating group) is 1. The molecule has 0 saturated carbocycles. The zero-order valence-corrected chi connectivity index (χ0v) is 23.3. The number of halogens is 2. The Morgan fingerprint density at radius 3 is 2.18 bits per heavy atom. The predicted molar refractivity (Wildman–Crippen MR) is 147 cm³/mol. The number of aryl methyl sites for hydroxylation is 2. The average molecular weight is 560 g/mol. The molecule has 1 N–H and O–H groups in total. The zero-order valence-electron chi connectivity index (χ0n) is 21.7. The molecule has 0 aliphatic carbocycles. The van der Waals surface area contributed by atoms with Crippen molar-refractivity contribution in [1.82, 2.24) is 10.2 Å². The van der Waals surface area contributed by atoms with Crippen molar-refractivity contribution in [3.63, 3.8) is 0 Å². The van der Waals surface area contributed by atoms with Gasteiger partial charge in [-0.05, 0) is 67.8 Å². The van der Waals surface area contributed by atoms with Gasteiger partial charge in [0.15, 0.2) is 0 Å². The van der Waals surface area contributed by atoms with E-state index in [4.69, 9.17) is 11.6 Å². The minimum Gasteiger partial charge on any atom is -0.357 e. The maximum absolute atomic E-state index is 13.8. The Balaban J connectivity index is 2.08. The highest BCUT2D eigenvalue weighted by Crippen LogP contribution is 2.29. The third kappa shape index (κ3) is 6.71. The number of amides is 2. The molecule has 1 atom stereocenters. The van der Waals surface area contributed by atoms with Crippen molar-refractivity contribution < 1.29 is 22.4 Å². The third-order valence-electron chi connectivity index (χ3n) is 6.23. The molecule has 0 spiro atoms. The fourth-order valence-corrected chi connectivity index (χ4v) is 5.56. The van der Waals surface area contributed by atoms with Gasteiger partial charge in [0.2, 0.25) is 11.8 Å². The van der Waals surface area contributed by atoms with Gasteiger partial charge in [0, 0.05) is 18.6 Å². The van der Waals surface area contributed by atoms with Crippen molar-refractivity contribution in [3.05, 3.63) is 94.3 Å². The van der Waals surface area contributed by atoms with Crippen LogP contribution in [-0.2, 0) is 26.2 Å². The first-order valence-corrected chi connectivity index (χ1v) is 13.9. The Kier molecular flexibility index (Phi) is 9.51. The smallest absolute Gasteiger partial charge is 0.264 e. The Labute approximate surface area is 228 Å². The van der Waals surface area contributed by atoms with E-state index in [9.17, 15) is 22.4 Å². The molecule has 10 heteroatoms. The van der Waals surface area contributed by atoms with Gasteiger partial charge in [-0.1, -0.05) is 54.4 Å². The number of nitrogens with zero attached hydrogens (tertiary/aromatic N) is 2. The van der Waals surface area contributed by atoms with E-state index in [-0.39, 0.29) is 23.5 Å². The standard InChI is InChI=1S/C28H31ClFN3O4S/c1-5-26(28(35)31-4)32(17-21-9-11-22(30)12-10-21)27(34)18-33(23-13-8-20(3)25(29)16-23)38(36,37)24-14-6-19(2)7-15-24/h6-16,26H,5,17-18H2,1-4H3,(H,31,35)/t26-/m0/s1. The second-order valence-electron chi connectivity index (χ2n) is 8.94. The molecule has 7 nitrogen and oxygen atoms in total. The molecule has 3 rings (SSSR count). The molecule has 3 aromatic rings. The second kappa shape index (κ2) is 12.4. The van der Waals surface area contributed by atoms with Crippen molar-refractivity contribution in [2.24, 2.45) is 0 Å². The molecule has 0 aromatic heterocycles. The summed E-state index contributed by atoms with van der Waals surface area (Å²) in [5, 5.41) is 2.91. The lowest BCUT2D eigenvalue weighted by Gasteiger charge is -2.33. The largest absolute Gasteiger partial charge is 0.357 e. The molecule has 2 amide bonds. The lowest BCUT2D eigenvalue weighted by Crippen LogP contribution is -2.51. The van der Waals surface area contributed by atoms with Crippen LogP contribution >= 0.6 is 11.6 Å². The van der Waals surface area contributed by atoms with Crippen molar-refractivity contribution in [2.75, 3.05) is 17.9 Å². The number of hydrogen-bond acceptors (Lipinski definition) is 4. The summed E-state index contributed by atoms with van der Waals surface area (Å²) in [6.45, 7) is 4.79. The van der Waals surface area contributed by atoms with Crippen molar-refractivity contribution in [3.8, 4) is 0 Å². The first kappa shape index (κ1) is 29.1. The summed E-state index contributed by atoms with van der Waals surface area (Å²) in [4.78, 5) is 27.9. The molecule has 3 aromatic carbocycles. The first-order chi connectivity index (χ1) is 18.0. The van der Waals surface area contributed by atoms with Crippen LogP contribution in [0.2, 0.25) is 5.02 Å². The predicted octanol–water partition coefficient (Wildman–Crippen LogP) is 4.84. The van der Waals surface area contributed by atoms with E-state index in [1.165, 1.54) is 54.4 Å². The van der Waals surface area contributed by atoms with Gasteiger partial charge in [-0.25, -0.2) is 12.8 Å². The van der Waals surface area contributed by atoms with Gasteiger partial charge in [-0.3, -0.25) is 13.9 Å². The van der Waals surface area contributed by atoms with Crippen LogP contribution in [0.4, 0.5) is 10.1 Å². The van der Waals surface area contributed by atoms with Crippen LogP contribution < -0.4 is 9.62 Å². The highest BCUT2D eigenvalue weighted by molar-refractivity contribution is 7.92. The van der Waals surface area contributed by atoms with Crippen LogP contribution in [0.5, 0.6) is 0 Å². The summed E-state index contributed by atoms with van der Waals surface area (Å²) in [7, 11) is -2.72. The molecule has 0 radical (unpaired) electrons. The van der Waals surface area contributed by atoms with E-state index in [0.29, 0.717) is 10.6 Å². The summed E-state index contributed by atoms with van der Waals surface area (Å²) < 4.78 is 42.1. The monoisotopic (exact) mass is 559 g/mol. The molecule has 0 unspecified atom stereocenters. The summed E-state index contributed by atoms with van der Waals surface area (Å²) in [5.41, 5.74) is 2.43. The van der Waals surface area contributed by atoms with E-state index in [1.807, 2.05) is 6.92 Å². The van der Waals surface area contributed by atoms with Crippen LogP contribution in [0.15, 0.2) is 71.6 Å². The van der Waals surface area contributed by atoms with Crippen molar-refractivity contribution in [1.29, 1.82) is 0 Å². The highest BCUT2D eigenvalue weighted by Gasteiger charge is 2.33. The fraction of sp³-hybridized carbons (Fsp3) is 0.286. The Hall–Kier alpha value is -3.43. The lowest BCUT2D eigenvalue weighted by atomic mass is 10.1. The lowest BCUT2D eigenvalue weighted by molar-refractivity contribution is -0.140. The molecule has 0 aliphatic heterocycles. The summed E-state index contributed by atoms with van der Waals surface area (Å²) in [6.07, 6.45) is 0.285. The van der Waals surface area contributed by atoms with Crippen LogP contribution in [0.25, 0.3) is 0 Å². The van der Waals surface area contributed by atoms with Crippen LogP contribution in [0, 0.1) is 19.7 Å². The van der Waals surface area contributed by atoms with Gasteiger partial charge in [0.25, 0.3) is 10.0 Å². The molecule has 0 aliphatic rings. The number of carbonyl (C=O) groups excluding carboxylic acids is 2. The zero-order chi connectivity index (χ0) is 28.0. The van der Waals surface area contributed by atoms with Crippen molar-refractivity contribution >= 4 is 39.1 Å². The molecular formula is C28H31ClFN3O4S. The SMILES string of the molecule is CC[C@@H](C(=O)NC)N(Cc1ccc(F)cc1)C(=O)CN(c1ccc(C)c(Cl)c1)S(=O)(=O)c1ccc(C)cc1.